The Morgan fingerprint density at radius 3 is 2.97 bits per heavy atom. The quantitative estimate of drug-likeness (QED) is 0.739. The van der Waals surface area contributed by atoms with Crippen molar-refractivity contribution in [3.8, 4) is 0 Å². The van der Waals surface area contributed by atoms with Gasteiger partial charge in [0.15, 0.2) is 0 Å². The second kappa shape index (κ2) is 8.17. The molecule has 150 valence electrons. The fourth-order valence-electron chi connectivity index (χ4n) is 4.03. The predicted molar refractivity (Wildman–Crippen MR) is 112 cm³/mol. The van der Waals surface area contributed by atoms with Crippen LogP contribution in [0.1, 0.15) is 46.0 Å². The number of benzene rings is 1. The van der Waals surface area contributed by atoms with Gasteiger partial charge in [0.05, 0.1) is 0 Å². The lowest BCUT2D eigenvalue weighted by Crippen LogP contribution is -2.32. The van der Waals surface area contributed by atoms with Gasteiger partial charge in [-0.05, 0) is 55.0 Å². The molecule has 1 saturated heterocycles. The number of pyridine rings is 1. The molecule has 6 nitrogen and oxygen atoms in total. The molecule has 6 heteroatoms. The first-order valence-corrected chi connectivity index (χ1v) is 9.97. The summed E-state index contributed by atoms with van der Waals surface area (Å²) >= 11 is 0. The van der Waals surface area contributed by atoms with Gasteiger partial charge < -0.3 is 14.6 Å². The third-order valence-electron chi connectivity index (χ3n) is 5.61. The van der Waals surface area contributed by atoms with E-state index in [0.29, 0.717) is 17.9 Å². The van der Waals surface area contributed by atoms with Crippen molar-refractivity contribution in [1.29, 1.82) is 0 Å². The first-order valence-electron chi connectivity index (χ1n) is 9.97. The maximum atomic E-state index is 13.1. The van der Waals surface area contributed by atoms with E-state index in [2.05, 4.69) is 10.3 Å². The van der Waals surface area contributed by atoms with Gasteiger partial charge in [-0.25, -0.2) is 4.79 Å². The summed E-state index contributed by atoms with van der Waals surface area (Å²) in [4.78, 5) is 31.4. The highest BCUT2D eigenvalue weighted by Crippen LogP contribution is 2.24. The van der Waals surface area contributed by atoms with E-state index in [4.69, 9.17) is 4.42 Å². The van der Waals surface area contributed by atoms with Gasteiger partial charge in [-0.2, -0.15) is 0 Å². The van der Waals surface area contributed by atoms with Crippen molar-refractivity contribution in [3.05, 3.63) is 75.6 Å². The topological polar surface area (TPSA) is 75.4 Å². The number of hydrogen-bond donors (Lipinski definition) is 1. The number of hydrogen-bond acceptors (Lipinski definition) is 5. The molecular weight excluding hydrogens is 366 g/mol. The average Bonchev–Trinajstić information content (AvgIpc) is 2.74. The molecule has 3 aromatic rings. The summed E-state index contributed by atoms with van der Waals surface area (Å²) < 4.78 is 5.57. The van der Waals surface area contributed by atoms with E-state index in [0.717, 1.165) is 42.3 Å². The Morgan fingerprint density at radius 1 is 1.34 bits per heavy atom. The molecule has 0 bridgehead atoms. The van der Waals surface area contributed by atoms with E-state index in [1.54, 1.807) is 31.3 Å². The standard InChI is InChI=1S/C23H25N3O3/c1-15-11-20(17-7-4-9-24-13-17)29-23(28)21(15)22(27)26(2)14-18-6-3-5-16-12-25-10-8-19(16)18/h3,5-6,8,10-12,17,24H,4,7,9,13-14H2,1-2H3. The molecule has 1 aromatic carbocycles. The number of nitrogens with zero attached hydrogens (tertiary/aromatic N) is 2. The van der Waals surface area contributed by atoms with Crippen LogP contribution in [-0.2, 0) is 6.54 Å². The van der Waals surface area contributed by atoms with Gasteiger partial charge in [0.2, 0.25) is 0 Å². The van der Waals surface area contributed by atoms with Crippen molar-refractivity contribution in [2.75, 3.05) is 20.1 Å². The number of aromatic nitrogens is 1. The van der Waals surface area contributed by atoms with Crippen LogP contribution in [0.25, 0.3) is 10.8 Å². The number of nitrogens with one attached hydrogen (secondary N) is 1. The lowest BCUT2D eigenvalue weighted by atomic mass is 9.95. The molecule has 1 N–H and O–H groups in total. The molecule has 0 radical (unpaired) electrons. The highest BCUT2D eigenvalue weighted by Gasteiger charge is 2.24. The molecule has 1 atom stereocenters. The van der Waals surface area contributed by atoms with Gasteiger partial charge in [0.25, 0.3) is 5.91 Å². The lowest BCUT2D eigenvalue weighted by molar-refractivity contribution is 0.0779. The smallest absolute Gasteiger partial charge is 0.349 e. The fraction of sp³-hybridized carbons (Fsp3) is 0.348. The van der Waals surface area contributed by atoms with Gasteiger partial charge in [0.1, 0.15) is 11.3 Å². The van der Waals surface area contributed by atoms with Crippen LogP contribution in [0.15, 0.2) is 51.9 Å². The van der Waals surface area contributed by atoms with Crippen molar-refractivity contribution >= 4 is 16.7 Å². The van der Waals surface area contributed by atoms with Crippen LogP contribution in [0.2, 0.25) is 0 Å². The van der Waals surface area contributed by atoms with Crippen molar-refractivity contribution in [3.63, 3.8) is 0 Å². The molecule has 0 spiro atoms. The number of carbonyl (C=O) groups is 1. The van der Waals surface area contributed by atoms with E-state index in [-0.39, 0.29) is 17.4 Å². The summed E-state index contributed by atoms with van der Waals surface area (Å²) in [6.07, 6.45) is 5.58. The summed E-state index contributed by atoms with van der Waals surface area (Å²) in [5.41, 5.74) is 1.24. The van der Waals surface area contributed by atoms with Gasteiger partial charge in [0, 0.05) is 43.8 Å². The Kier molecular flexibility index (Phi) is 5.45. The lowest BCUT2D eigenvalue weighted by Gasteiger charge is -2.23. The number of rotatable bonds is 4. The molecule has 1 fully saturated rings. The largest absolute Gasteiger partial charge is 0.427 e. The highest BCUT2D eigenvalue weighted by molar-refractivity contribution is 5.95. The Labute approximate surface area is 169 Å². The van der Waals surface area contributed by atoms with Crippen LogP contribution in [-0.4, -0.2) is 35.9 Å². The fourth-order valence-corrected chi connectivity index (χ4v) is 4.03. The van der Waals surface area contributed by atoms with Crippen LogP contribution >= 0.6 is 0 Å². The van der Waals surface area contributed by atoms with Crippen molar-refractivity contribution in [1.82, 2.24) is 15.2 Å². The maximum Gasteiger partial charge on any atom is 0.349 e. The number of amides is 1. The second-order valence-electron chi connectivity index (χ2n) is 7.71. The van der Waals surface area contributed by atoms with Crippen molar-refractivity contribution in [2.45, 2.75) is 32.2 Å². The molecule has 1 amide bonds. The minimum Gasteiger partial charge on any atom is -0.427 e. The van der Waals surface area contributed by atoms with Crippen LogP contribution in [0.5, 0.6) is 0 Å². The monoisotopic (exact) mass is 391 g/mol. The molecular formula is C23H25N3O3. The highest BCUT2D eigenvalue weighted by atomic mass is 16.4. The maximum absolute atomic E-state index is 13.1. The molecule has 1 aliphatic heterocycles. The Bertz CT molecular complexity index is 1090. The normalized spacial score (nSPS) is 16.7. The predicted octanol–water partition coefficient (Wildman–Crippen LogP) is 3.24. The second-order valence-corrected chi connectivity index (χ2v) is 7.71. The van der Waals surface area contributed by atoms with Crippen molar-refractivity contribution in [2.24, 2.45) is 0 Å². The summed E-state index contributed by atoms with van der Waals surface area (Å²) in [6, 6.07) is 9.72. The zero-order valence-electron chi connectivity index (χ0n) is 16.8. The van der Waals surface area contributed by atoms with Gasteiger partial charge >= 0.3 is 5.63 Å². The van der Waals surface area contributed by atoms with E-state index >= 15 is 0 Å². The SMILES string of the molecule is Cc1cc(C2CCCNC2)oc(=O)c1C(=O)N(C)Cc1cccc2cnccc12. The summed E-state index contributed by atoms with van der Waals surface area (Å²) in [5.74, 6) is 0.525. The zero-order chi connectivity index (χ0) is 20.4. The van der Waals surface area contributed by atoms with Crippen molar-refractivity contribution < 1.29 is 9.21 Å². The molecule has 29 heavy (non-hydrogen) atoms. The molecule has 2 aromatic heterocycles. The van der Waals surface area contributed by atoms with E-state index < -0.39 is 5.63 Å². The minimum atomic E-state index is -0.551. The Hall–Kier alpha value is -2.99. The van der Waals surface area contributed by atoms with Crippen LogP contribution in [0.4, 0.5) is 0 Å². The molecule has 0 saturated carbocycles. The van der Waals surface area contributed by atoms with Gasteiger partial charge in [-0.3, -0.25) is 9.78 Å². The third kappa shape index (κ3) is 3.93. The summed E-state index contributed by atoms with van der Waals surface area (Å²) in [7, 11) is 1.71. The third-order valence-corrected chi connectivity index (χ3v) is 5.61. The number of aryl methyl sites for hydroxylation is 1. The van der Waals surface area contributed by atoms with Gasteiger partial charge in [-0.15, -0.1) is 0 Å². The first kappa shape index (κ1) is 19.3. The van der Waals surface area contributed by atoms with E-state index in [9.17, 15) is 9.59 Å². The molecule has 3 heterocycles. The summed E-state index contributed by atoms with van der Waals surface area (Å²) in [5, 5.41) is 5.40. The number of carbonyl (C=O) groups excluding carboxylic acids is 1. The molecule has 1 aliphatic rings. The molecule has 1 unspecified atom stereocenters. The Morgan fingerprint density at radius 2 is 2.21 bits per heavy atom. The first-order chi connectivity index (χ1) is 14.0. The number of piperidine rings is 1. The van der Waals surface area contributed by atoms with E-state index in [1.165, 1.54) is 0 Å². The van der Waals surface area contributed by atoms with Crippen LogP contribution in [0.3, 0.4) is 0 Å². The Balaban J connectivity index is 1.59. The number of fused-ring (bicyclic) bond motifs is 1. The van der Waals surface area contributed by atoms with Gasteiger partial charge in [-0.1, -0.05) is 18.2 Å². The minimum absolute atomic E-state index is 0.113. The van der Waals surface area contributed by atoms with Crippen LogP contribution in [0, 0.1) is 6.92 Å². The molecule has 0 aliphatic carbocycles. The summed E-state index contributed by atoms with van der Waals surface area (Å²) in [6.45, 7) is 3.99. The zero-order valence-corrected chi connectivity index (χ0v) is 16.8. The average molecular weight is 391 g/mol. The molecule has 4 rings (SSSR count). The van der Waals surface area contributed by atoms with E-state index in [1.807, 2.05) is 30.3 Å². The van der Waals surface area contributed by atoms with Crippen LogP contribution < -0.4 is 10.9 Å².